The Kier molecular flexibility index (Phi) is 6.62. The van der Waals surface area contributed by atoms with Gasteiger partial charge in [-0.15, -0.1) is 0 Å². The number of rotatable bonds is 7. The number of methoxy groups -OCH3 is 1. The smallest absolute Gasteiger partial charge is 0.183 e. The van der Waals surface area contributed by atoms with Crippen LogP contribution < -0.4 is 10.1 Å². The van der Waals surface area contributed by atoms with Crippen LogP contribution in [0, 0.1) is 0 Å². The van der Waals surface area contributed by atoms with Crippen molar-refractivity contribution in [3.63, 3.8) is 0 Å². The Morgan fingerprint density at radius 3 is 2.31 bits per heavy atom. The van der Waals surface area contributed by atoms with Crippen LogP contribution in [0.15, 0.2) is 29.2 Å². The van der Waals surface area contributed by atoms with Crippen molar-refractivity contribution in [2.45, 2.75) is 54.8 Å². The van der Waals surface area contributed by atoms with Crippen molar-refractivity contribution in [3.05, 3.63) is 24.3 Å². The number of benzene rings is 1. The van der Waals surface area contributed by atoms with Gasteiger partial charge in [-0.1, -0.05) is 6.42 Å². The monoisotopic (exact) mass is 444 g/mol. The summed E-state index contributed by atoms with van der Waals surface area (Å²) in [6.07, 6.45) is 3.56. The Bertz CT molecular complexity index is 905. The van der Waals surface area contributed by atoms with Gasteiger partial charge in [0.2, 0.25) is 0 Å². The van der Waals surface area contributed by atoms with Gasteiger partial charge in [-0.05, 0) is 64.0 Å². The molecule has 0 aliphatic carbocycles. The Balaban J connectivity index is 1.77. The number of sulfone groups is 2. The molecule has 2 aliphatic heterocycles. The van der Waals surface area contributed by atoms with Gasteiger partial charge in [0.1, 0.15) is 5.75 Å². The lowest BCUT2D eigenvalue weighted by molar-refractivity contribution is 0.0925. The normalized spacial score (nSPS) is 25.8. The molecule has 1 aromatic carbocycles. The van der Waals surface area contributed by atoms with Crippen LogP contribution in [-0.2, 0) is 19.7 Å². The minimum atomic E-state index is -3.79. The van der Waals surface area contributed by atoms with E-state index in [1.807, 2.05) is 0 Å². The molecule has 2 atom stereocenters. The molecule has 0 saturated carbocycles. The third-order valence-corrected chi connectivity index (χ3v) is 10.3. The molecule has 0 unspecified atom stereocenters. The predicted molar refractivity (Wildman–Crippen MR) is 114 cm³/mol. The minimum Gasteiger partial charge on any atom is -0.497 e. The summed E-state index contributed by atoms with van der Waals surface area (Å²) in [4.78, 5) is 2.53. The molecule has 1 N–H and O–H groups in total. The first-order chi connectivity index (χ1) is 13.5. The molecule has 29 heavy (non-hydrogen) atoms. The molecule has 3 rings (SSSR count). The maximum Gasteiger partial charge on any atom is 0.183 e. The zero-order valence-electron chi connectivity index (χ0n) is 17.4. The van der Waals surface area contributed by atoms with Crippen LogP contribution in [0.3, 0.4) is 0 Å². The highest BCUT2D eigenvalue weighted by Crippen LogP contribution is 2.28. The van der Waals surface area contributed by atoms with Crippen molar-refractivity contribution in [2.24, 2.45) is 0 Å². The van der Waals surface area contributed by atoms with Gasteiger partial charge in [-0.3, -0.25) is 4.90 Å². The molecule has 0 bridgehead atoms. The van der Waals surface area contributed by atoms with Crippen LogP contribution in [0.2, 0.25) is 0 Å². The SMILES string of the molecule is COc1ccc(S(=O)(=O)[C@H]2CS(=O)(=O)C[C@@H]2NCC(C)(C)N2CCCCC2)cc1. The Morgan fingerprint density at radius 1 is 1.10 bits per heavy atom. The summed E-state index contributed by atoms with van der Waals surface area (Å²) in [5.74, 6) is 0.0627. The van der Waals surface area contributed by atoms with Crippen LogP contribution >= 0.6 is 0 Å². The van der Waals surface area contributed by atoms with Gasteiger partial charge in [0.05, 0.1) is 28.8 Å². The fourth-order valence-electron chi connectivity index (χ4n) is 4.24. The second-order valence-electron chi connectivity index (χ2n) is 8.68. The summed E-state index contributed by atoms with van der Waals surface area (Å²) in [7, 11) is -5.70. The molecule has 0 amide bonds. The fourth-order valence-corrected chi connectivity index (χ4v) is 8.96. The summed E-state index contributed by atoms with van der Waals surface area (Å²) in [6, 6.07) is 5.51. The quantitative estimate of drug-likeness (QED) is 0.681. The average Bonchev–Trinajstić information content (AvgIpc) is 3.02. The highest BCUT2D eigenvalue weighted by molar-refractivity contribution is 7.96. The van der Waals surface area contributed by atoms with Crippen molar-refractivity contribution >= 4 is 19.7 Å². The topological polar surface area (TPSA) is 92.8 Å². The van der Waals surface area contributed by atoms with Crippen LogP contribution in [0.4, 0.5) is 0 Å². The molecule has 164 valence electrons. The first kappa shape index (κ1) is 22.5. The van der Waals surface area contributed by atoms with Gasteiger partial charge in [0, 0.05) is 18.1 Å². The summed E-state index contributed by atoms with van der Waals surface area (Å²) in [5, 5.41) is 2.31. The van der Waals surface area contributed by atoms with Crippen LogP contribution in [0.1, 0.15) is 33.1 Å². The molecule has 7 nitrogen and oxygen atoms in total. The number of hydrogen-bond acceptors (Lipinski definition) is 7. The van der Waals surface area contributed by atoms with Gasteiger partial charge < -0.3 is 10.1 Å². The second-order valence-corrected chi connectivity index (χ2v) is 13.0. The highest BCUT2D eigenvalue weighted by atomic mass is 32.2. The standard InChI is InChI=1S/C20H32N2O5S2/c1-20(2,22-11-5-4-6-12-22)15-21-18-13-28(23,24)14-19(18)29(25,26)17-9-7-16(27-3)8-10-17/h7-10,18-19,21H,4-6,11-15H2,1-3H3/t18-,19-/m0/s1. The maximum absolute atomic E-state index is 13.2. The summed E-state index contributed by atoms with van der Waals surface area (Å²) < 4.78 is 56.1. The molecule has 0 aromatic heterocycles. The van der Waals surface area contributed by atoms with E-state index in [4.69, 9.17) is 4.74 Å². The summed E-state index contributed by atoms with van der Waals surface area (Å²) in [6.45, 7) is 6.84. The summed E-state index contributed by atoms with van der Waals surface area (Å²) >= 11 is 0. The molecule has 2 aliphatic rings. The first-order valence-electron chi connectivity index (χ1n) is 10.1. The third kappa shape index (κ3) is 5.13. The van der Waals surface area contributed by atoms with E-state index in [9.17, 15) is 16.8 Å². The zero-order valence-corrected chi connectivity index (χ0v) is 19.1. The van der Waals surface area contributed by atoms with E-state index in [0.29, 0.717) is 12.3 Å². The lowest BCUT2D eigenvalue weighted by atomic mass is 9.98. The third-order valence-electron chi connectivity index (χ3n) is 6.10. The van der Waals surface area contributed by atoms with Gasteiger partial charge in [0.15, 0.2) is 19.7 Å². The average molecular weight is 445 g/mol. The van der Waals surface area contributed by atoms with E-state index in [0.717, 1.165) is 25.9 Å². The van der Waals surface area contributed by atoms with Crippen molar-refractivity contribution in [1.82, 2.24) is 10.2 Å². The maximum atomic E-state index is 13.2. The molecule has 2 heterocycles. The minimum absolute atomic E-state index is 0.127. The van der Waals surface area contributed by atoms with Crippen molar-refractivity contribution in [3.8, 4) is 5.75 Å². The molecular weight excluding hydrogens is 412 g/mol. The number of nitrogens with zero attached hydrogens (tertiary/aromatic N) is 1. The molecule has 2 saturated heterocycles. The van der Waals surface area contributed by atoms with Gasteiger partial charge >= 0.3 is 0 Å². The largest absolute Gasteiger partial charge is 0.497 e. The lowest BCUT2D eigenvalue weighted by Gasteiger charge is -2.42. The molecule has 0 spiro atoms. The molecule has 2 fully saturated rings. The van der Waals surface area contributed by atoms with Crippen molar-refractivity contribution < 1.29 is 21.6 Å². The van der Waals surface area contributed by atoms with E-state index >= 15 is 0 Å². The molecular formula is C20H32N2O5S2. The zero-order chi connectivity index (χ0) is 21.3. The van der Waals surface area contributed by atoms with E-state index in [1.54, 1.807) is 12.1 Å². The van der Waals surface area contributed by atoms with Crippen LogP contribution in [0.25, 0.3) is 0 Å². The van der Waals surface area contributed by atoms with E-state index in [2.05, 4.69) is 24.1 Å². The van der Waals surface area contributed by atoms with E-state index in [-0.39, 0.29) is 21.9 Å². The second kappa shape index (κ2) is 8.53. The summed E-state index contributed by atoms with van der Waals surface area (Å²) in [5.41, 5.74) is -0.165. The van der Waals surface area contributed by atoms with Gasteiger partial charge in [0.25, 0.3) is 0 Å². The first-order valence-corrected chi connectivity index (χ1v) is 13.5. The fraction of sp³-hybridized carbons (Fsp3) is 0.700. The number of ether oxygens (including phenoxy) is 1. The van der Waals surface area contributed by atoms with Crippen LogP contribution in [0.5, 0.6) is 5.75 Å². The van der Waals surface area contributed by atoms with Crippen molar-refractivity contribution in [1.29, 1.82) is 0 Å². The highest BCUT2D eigenvalue weighted by Gasteiger charge is 2.46. The Morgan fingerprint density at radius 2 is 1.72 bits per heavy atom. The molecule has 9 heteroatoms. The number of piperidine rings is 1. The predicted octanol–water partition coefficient (Wildman–Crippen LogP) is 1.49. The number of hydrogen-bond donors (Lipinski definition) is 1. The lowest BCUT2D eigenvalue weighted by Crippen LogP contribution is -2.56. The molecule has 1 aromatic rings. The van der Waals surface area contributed by atoms with Crippen LogP contribution in [-0.4, -0.2) is 76.8 Å². The van der Waals surface area contributed by atoms with Crippen molar-refractivity contribution in [2.75, 3.05) is 38.2 Å². The van der Waals surface area contributed by atoms with Gasteiger partial charge in [-0.2, -0.15) is 0 Å². The van der Waals surface area contributed by atoms with E-state index in [1.165, 1.54) is 25.7 Å². The molecule has 0 radical (unpaired) electrons. The van der Waals surface area contributed by atoms with E-state index < -0.39 is 31.0 Å². The van der Waals surface area contributed by atoms with Gasteiger partial charge in [-0.25, -0.2) is 16.8 Å². The number of likely N-dealkylation sites (tertiary alicyclic amines) is 1. The number of nitrogens with one attached hydrogen (secondary N) is 1. The Labute approximate surface area is 174 Å². The Hall–Kier alpha value is -1.16.